The number of fused-ring (bicyclic) bond motifs is 1. The van der Waals surface area contributed by atoms with Crippen LogP contribution in [0.2, 0.25) is 0 Å². The molecule has 0 aromatic heterocycles. The molecular formula is C15H11NO2. The van der Waals surface area contributed by atoms with Crippen molar-refractivity contribution in [3.63, 3.8) is 0 Å². The highest BCUT2D eigenvalue weighted by molar-refractivity contribution is 6.31. The predicted molar refractivity (Wildman–Crippen MR) is 68.3 cm³/mol. The zero-order valence-electron chi connectivity index (χ0n) is 9.58. The fraction of sp³-hybridized carbons (Fsp3) is 0.0667. The lowest BCUT2D eigenvalue weighted by Gasteiger charge is -2.08. The van der Waals surface area contributed by atoms with Gasteiger partial charge in [0, 0.05) is 11.1 Å². The third kappa shape index (κ3) is 1.44. The van der Waals surface area contributed by atoms with Gasteiger partial charge in [-0.2, -0.15) is 0 Å². The van der Waals surface area contributed by atoms with Crippen molar-refractivity contribution in [3.8, 4) is 0 Å². The molecule has 0 amide bonds. The number of ketones is 1. The van der Waals surface area contributed by atoms with Crippen molar-refractivity contribution >= 4 is 11.5 Å². The average molecular weight is 237 g/mol. The molecule has 1 aliphatic carbocycles. The summed E-state index contributed by atoms with van der Waals surface area (Å²) in [5.41, 5.74) is 2.63. The van der Waals surface area contributed by atoms with Crippen LogP contribution in [0.4, 0.5) is 0 Å². The number of nitrogens with zero attached hydrogens (tertiary/aromatic N) is 1. The Morgan fingerprint density at radius 3 is 2.17 bits per heavy atom. The summed E-state index contributed by atoms with van der Waals surface area (Å²) in [6.45, 7) is 0. The van der Waals surface area contributed by atoms with E-state index in [1.54, 1.807) is 6.07 Å². The lowest BCUT2D eigenvalue weighted by atomic mass is 9.94. The van der Waals surface area contributed by atoms with E-state index in [9.17, 15) is 10.0 Å². The van der Waals surface area contributed by atoms with Crippen LogP contribution < -0.4 is 0 Å². The molecule has 0 fully saturated rings. The molecule has 18 heavy (non-hydrogen) atoms. The second-order valence-electron chi connectivity index (χ2n) is 4.24. The minimum atomic E-state index is -0.492. The Hall–Kier alpha value is -2.42. The zero-order valence-corrected chi connectivity index (χ0v) is 9.58. The average Bonchev–Trinajstić information content (AvgIpc) is 2.73. The van der Waals surface area contributed by atoms with Crippen molar-refractivity contribution < 1.29 is 10.0 Å². The SMILES string of the molecule is O=C1c2ccccc2/C(=N\O)C1c1ccccc1. The molecule has 2 aromatic rings. The van der Waals surface area contributed by atoms with Gasteiger partial charge in [0.25, 0.3) is 0 Å². The maximum absolute atomic E-state index is 12.4. The second kappa shape index (κ2) is 4.11. The fourth-order valence-corrected chi connectivity index (χ4v) is 2.42. The molecule has 1 N–H and O–H groups in total. The smallest absolute Gasteiger partial charge is 0.177 e. The van der Waals surface area contributed by atoms with E-state index in [1.165, 1.54) is 0 Å². The first-order chi connectivity index (χ1) is 8.83. The van der Waals surface area contributed by atoms with Gasteiger partial charge in [-0.25, -0.2) is 0 Å². The largest absolute Gasteiger partial charge is 0.411 e. The van der Waals surface area contributed by atoms with E-state index >= 15 is 0 Å². The molecule has 0 radical (unpaired) electrons. The molecule has 2 aromatic carbocycles. The van der Waals surface area contributed by atoms with Gasteiger partial charge in [0.1, 0.15) is 5.71 Å². The van der Waals surface area contributed by atoms with E-state index in [-0.39, 0.29) is 5.78 Å². The number of rotatable bonds is 1. The lowest BCUT2D eigenvalue weighted by Crippen LogP contribution is -2.13. The first-order valence-corrected chi connectivity index (χ1v) is 5.73. The summed E-state index contributed by atoms with van der Waals surface area (Å²) in [6, 6.07) is 16.6. The van der Waals surface area contributed by atoms with Crippen LogP contribution >= 0.6 is 0 Å². The molecule has 3 rings (SSSR count). The van der Waals surface area contributed by atoms with Crippen molar-refractivity contribution in [2.75, 3.05) is 0 Å². The van der Waals surface area contributed by atoms with Crippen LogP contribution in [-0.2, 0) is 0 Å². The summed E-state index contributed by atoms with van der Waals surface area (Å²) in [4.78, 5) is 12.4. The van der Waals surface area contributed by atoms with E-state index < -0.39 is 5.92 Å². The fourth-order valence-electron chi connectivity index (χ4n) is 2.42. The molecule has 0 spiro atoms. The van der Waals surface area contributed by atoms with E-state index in [1.807, 2.05) is 48.5 Å². The molecule has 1 aliphatic rings. The van der Waals surface area contributed by atoms with Crippen LogP contribution in [0.5, 0.6) is 0 Å². The normalized spacial score (nSPS) is 20.1. The van der Waals surface area contributed by atoms with Gasteiger partial charge < -0.3 is 5.21 Å². The molecule has 0 aliphatic heterocycles. The molecule has 0 bridgehead atoms. The van der Waals surface area contributed by atoms with Crippen LogP contribution in [-0.4, -0.2) is 16.7 Å². The predicted octanol–water partition coefficient (Wildman–Crippen LogP) is 2.85. The molecule has 1 atom stereocenters. The Labute approximate surface area is 104 Å². The molecule has 3 nitrogen and oxygen atoms in total. The maximum atomic E-state index is 12.4. The van der Waals surface area contributed by atoms with Crippen LogP contribution in [0.25, 0.3) is 0 Å². The highest BCUT2D eigenvalue weighted by atomic mass is 16.4. The quantitative estimate of drug-likeness (QED) is 0.612. The molecule has 1 unspecified atom stereocenters. The van der Waals surface area contributed by atoms with Gasteiger partial charge in [0.15, 0.2) is 5.78 Å². The Balaban J connectivity index is 2.18. The van der Waals surface area contributed by atoms with Gasteiger partial charge in [-0.05, 0) is 5.56 Å². The number of Topliss-reactive ketones (excluding diaryl/α,β-unsaturated/α-hetero) is 1. The summed E-state index contributed by atoms with van der Waals surface area (Å²) in [7, 11) is 0. The third-order valence-corrected chi connectivity index (χ3v) is 3.24. The van der Waals surface area contributed by atoms with Crippen molar-refractivity contribution in [1.82, 2.24) is 0 Å². The van der Waals surface area contributed by atoms with Crippen molar-refractivity contribution in [2.24, 2.45) is 5.16 Å². The number of carbonyl (C=O) groups excluding carboxylic acids is 1. The molecule has 3 heteroatoms. The van der Waals surface area contributed by atoms with Crippen LogP contribution in [0, 0.1) is 0 Å². The Morgan fingerprint density at radius 1 is 0.889 bits per heavy atom. The molecule has 0 heterocycles. The summed E-state index contributed by atoms with van der Waals surface area (Å²) >= 11 is 0. The van der Waals surface area contributed by atoms with E-state index in [0.29, 0.717) is 11.3 Å². The molecule has 0 saturated heterocycles. The standard InChI is InChI=1S/C15H11NO2/c17-15-12-9-5-4-8-11(12)14(16-18)13(15)10-6-2-1-3-7-10/h1-9,13,18H/b16-14+. The summed E-state index contributed by atoms with van der Waals surface area (Å²) < 4.78 is 0. The van der Waals surface area contributed by atoms with Crippen molar-refractivity contribution in [3.05, 3.63) is 71.3 Å². The van der Waals surface area contributed by atoms with Gasteiger partial charge in [0.2, 0.25) is 0 Å². The number of oxime groups is 1. The maximum Gasteiger partial charge on any atom is 0.177 e. The third-order valence-electron chi connectivity index (χ3n) is 3.24. The highest BCUT2D eigenvalue weighted by Crippen LogP contribution is 2.34. The van der Waals surface area contributed by atoms with Crippen molar-refractivity contribution in [1.29, 1.82) is 0 Å². The molecular weight excluding hydrogens is 226 g/mol. The van der Waals surface area contributed by atoms with Gasteiger partial charge in [-0.1, -0.05) is 59.8 Å². The first-order valence-electron chi connectivity index (χ1n) is 5.73. The summed E-state index contributed by atoms with van der Waals surface area (Å²) in [6.07, 6.45) is 0. The van der Waals surface area contributed by atoms with E-state index in [2.05, 4.69) is 5.16 Å². The number of hydrogen-bond donors (Lipinski definition) is 1. The van der Waals surface area contributed by atoms with Gasteiger partial charge >= 0.3 is 0 Å². The molecule has 88 valence electrons. The monoisotopic (exact) mass is 237 g/mol. The number of benzene rings is 2. The number of carbonyl (C=O) groups is 1. The lowest BCUT2D eigenvalue weighted by molar-refractivity contribution is 0.0987. The Kier molecular flexibility index (Phi) is 2.45. The number of hydrogen-bond acceptors (Lipinski definition) is 3. The van der Waals surface area contributed by atoms with Gasteiger partial charge in [0.05, 0.1) is 5.92 Å². The Morgan fingerprint density at radius 2 is 1.50 bits per heavy atom. The topological polar surface area (TPSA) is 49.7 Å². The second-order valence-corrected chi connectivity index (χ2v) is 4.24. The van der Waals surface area contributed by atoms with E-state index in [4.69, 9.17) is 0 Å². The Bertz CT molecular complexity index is 632. The minimum Gasteiger partial charge on any atom is -0.411 e. The van der Waals surface area contributed by atoms with Gasteiger partial charge in [-0.15, -0.1) is 0 Å². The van der Waals surface area contributed by atoms with Crippen LogP contribution in [0.15, 0.2) is 59.8 Å². The summed E-state index contributed by atoms with van der Waals surface area (Å²) in [5, 5.41) is 12.5. The highest BCUT2D eigenvalue weighted by Gasteiger charge is 2.37. The van der Waals surface area contributed by atoms with Crippen LogP contribution in [0.3, 0.4) is 0 Å². The molecule has 0 saturated carbocycles. The zero-order chi connectivity index (χ0) is 12.5. The summed E-state index contributed by atoms with van der Waals surface area (Å²) in [5.74, 6) is -0.502. The van der Waals surface area contributed by atoms with Crippen LogP contribution in [0.1, 0.15) is 27.4 Å². The first kappa shape index (κ1) is 10.7. The van der Waals surface area contributed by atoms with Gasteiger partial charge in [-0.3, -0.25) is 4.79 Å². The van der Waals surface area contributed by atoms with E-state index in [0.717, 1.165) is 11.1 Å². The van der Waals surface area contributed by atoms with Crippen molar-refractivity contribution in [2.45, 2.75) is 5.92 Å². The minimum absolute atomic E-state index is 0.00963.